The Morgan fingerprint density at radius 1 is 1.09 bits per heavy atom. The van der Waals surface area contributed by atoms with Crippen LogP contribution in [0.25, 0.3) is 0 Å². The largest absolute Gasteiger partial charge is 0.273 e. The molecule has 0 bridgehead atoms. The lowest BCUT2D eigenvalue weighted by molar-refractivity contribution is -0.121. The standard InChI is InChI=1S/C18H29N3O/c1-2-3-4-5-6-7-8-9-10-14-18(22)21-20-16-17-13-11-12-15-19-17/h11-13,15-16H,2-10,14H2,1H3,(H,21,22)/b20-16+. The van der Waals surface area contributed by atoms with Crippen LogP contribution in [0.4, 0.5) is 0 Å². The SMILES string of the molecule is CCCCCCCCCCCC(=O)N/N=C/c1ccccn1. The van der Waals surface area contributed by atoms with Crippen LogP contribution in [0.1, 0.15) is 76.8 Å². The predicted octanol–water partition coefficient (Wildman–Crippen LogP) is 4.45. The minimum atomic E-state index is -0.0184. The van der Waals surface area contributed by atoms with Gasteiger partial charge in [-0.2, -0.15) is 5.10 Å². The minimum absolute atomic E-state index is 0.0184. The van der Waals surface area contributed by atoms with Crippen LogP contribution < -0.4 is 5.43 Å². The van der Waals surface area contributed by atoms with Crippen molar-refractivity contribution in [2.24, 2.45) is 5.10 Å². The van der Waals surface area contributed by atoms with Gasteiger partial charge in [0.1, 0.15) is 0 Å². The molecule has 1 aromatic rings. The smallest absolute Gasteiger partial charge is 0.240 e. The molecule has 0 aliphatic heterocycles. The van der Waals surface area contributed by atoms with Crippen molar-refractivity contribution >= 4 is 12.1 Å². The average Bonchev–Trinajstić information content (AvgIpc) is 2.54. The molecule has 1 amide bonds. The topological polar surface area (TPSA) is 54.4 Å². The second-order valence-corrected chi connectivity index (χ2v) is 5.63. The van der Waals surface area contributed by atoms with Gasteiger partial charge in [0, 0.05) is 12.6 Å². The van der Waals surface area contributed by atoms with E-state index in [-0.39, 0.29) is 5.91 Å². The third kappa shape index (κ3) is 10.1. The first-order chi connectivity index (χ1) is 10.8. The van der Waals surface area contributed by atoms with E-state index in [0.717, 1.165) is 18.5 Å². The summed E-state index contributed by atoms with van der Waals surface area (Å²) in [7, 11) is 0. The molecule has 0 spiro atoms. The zero-order valence-electron chi connectivity index (χ0n) is 13.8. The molecule has 22 heavy (non-hydrogen) atoms. The molecular weight excluding hydrogens is 274 g/mol. The van der Waals surface area contributed by atoms with Gasteiger partial charge in [0.05, 0.1) is 11.9 Å². The number of nitrogens with zero attached hydrogens (tertiary/aromatic N) is 2. The highest BCUT2D eigenvalue weighted by molar-refractivity contribution is 5.80. The van der Waals surface area contributed by atoms with Crippen molar-refractivity contribution in [3.05, 3.63) is 30.1 Å². The monoisotopic (exact) mass is 303 g/mol. The van der Waals surface area contributed by atoms with Gasteiger partial charge in [-0.05, 0) is 18.6 Å². The van der Waals surface area contributed by atoms with Crippen LogP contribution in [0.5, 0.6) is 0 Å². The normalized spacial score (nSPS) is 11.0. The third-order valence-electron chi connectivity index (χ3n) is 3.58. The Hall–Kier alpha value is -1.71. The molecule has 0 saturated carbocycles. The van der Waals surface area contributed by atoms with Crippen LogP contribution in [0.3, 0.4) is 0 Å². The summed E-state index contributed by atoms with van der Waals surface area (Å²) in [6.45, 7) is 2.24. The van der Waals surface area contributed by atoms with Crippen LogP contribution >= 0.6 is 0 Å². The van der Waals surface area contributed by atoms with Gasteiger partial charge in [-0.1, -0.05) is 64.4 Å². The number of aromatic nitrogens is 1. The molecule has 0 unspecified atom stereocenters. The summed E-state index contributed by atoms with van der Waals surface area (Å²) in [5, 5.41) is 3.91. The van der Waals surface area contributed by atoms with Crippen molar-refractivity contribution in [2.45, 2.75) is 71.1 Å². The summed E-state index contributed by atoms with van der Waals surface area (Å²) in [5.41, 5.74) is 3.29. The van der Waals surface area contributed by atoms with Gasteiger partial charge in [0.25, 0.3) is 0 Å². The zero-order valence-corrected chi connectivity index (χ0v) is 13.8. The summed E-state index contributed by atoms with van der Waals surface area (Å²) in [6, 6.07) is 5.58. The van der Waals surface area contributed by atoms with Crippen LogP contribution in [-0.2, 0) is 4.79 Å². The van der Waals surface area contributed by atoms with Gasteiger partial charge in [-0.3, -0.25) is 9.78 Å². The average molecular weight is 303 g/mol. The Bertz CT molecular complexity index is 418. The van der Waals surface area contributed by atoms with E-state index in [1.54, 1.807) is 12.4 Å². The number of rotatable bonds is 12. The molecule has 0 atom stereocenters. The van der Waals surface area contributed by atoms with Gasteiger partial charge in [-0.25, -0.2) is 5.43 Å². The predicted molar refractivity (Wildman–Crippen MR) is 91.8 cm³/mol. The minimum Gasteiger partial charge on any atom is -0.273 e. The molecule has 0 saturated heterocycles. The summed E-state index contributed by atoms with van der Waals surface area (Å²) in [6.07, 6.45) is 15.1. The first-order valence-electron chi connectivity index (χ1n) is 8.56. The van der Waals surface area contributed by atoms with Crippen molar-refractivity contribution < 1.29 is 4.79 Å². The fourth-order valence-electron chi connectivity index (χ4n) is 2.27. The molecule has 0 aromatic carbocycles. The summed E-state index contributed by atoms with van der Waals surface area (Å²) >= 11 is 0. The lowest BCUT2D eigenvalue weighted by Gasteiger charge is -2.02. The molecule has 4 heteroatoms. The Balaban J connectivity index is 1.94. The van der Waals surface area contributed by atoms with E-state index in [4.69, 9.17) is 0 Å². The molecule has 0 radical (unpaired) electrons. The fourth-order valence-corrected chi connectivity index (χ4v) is 2.27. The van der Waals surface area contributed by atoms with E-state index in [1.165, 1.54) is 44.9 Å². The first-order valence-corrected chi connectivity index (χ1v) is 8.56. The molecular formula is C18H29N3O. The lowest BCUT2D eigenvalue weighted by atomic mass is 10.1. The third-order valence-corrected chi connectivity index (χ3v) is 3.58. The van der Waals surface area contributed by atoms with E-state index in [9.17, 15) is 4.79 Å². The Morgan fingerprint density at radius 2 is 1.77 bits per heavy atom. The van der Waals surface area contributed by atoms with Crippen molar-refractivity contribution in [1.29, 1.82) is 0 Å². The number of carbonyl (C=O) groups excluding carboxylic acids is 1. The molecule has 122 valence electrons. The second kappa shape index (κ2) is 13.0. The molecule has 1 aromatic heterocycles. The number of pyridine rings is 1. The van der Waals surface area contributed by atoms with E-state index >= 15 is 0 Å². The van der Waals surface area contributed by atoms with Crippen molar-refractivity contribution in [3.8, 4) is 0 Å². The number of carbonyl (C=O) groups is 1. The van der Waals surface area contributed by atoms with Gasteiger partial charge in [0.2, 0.25) is 5.91 Å². The van der Waals surface area contributed by atoms with Crippen LogP contribution in [-0.4, -0.2) is 17.1 Å². The Morgan fingerprint density at radius 3 is 2.41 bits per heavy atom. The number of amides is 1. The van der Waals surface area contributed by atoms with Crippen LogP contribution in [0.15, 0.2) is 29.5 Å². The number of hydrazone groups is 1. The highest BCUT2D eigenvalue weighted by Crippen LogP contribution is 2.10. The van der Waals surface area contributed by atoms with Gasteiger partial charge in [0.15, 0.2) is 0 Å². The van der Waals surface area contributed by atoms with E-state index in [2.05, 4.69) is 22.4 Å². The second-order valence-electron chi connectivity index (χ2n) is 5.63. The molecule has 0 fully saturated rings. The van der Waals surface area contributed by atoms with Gasteiger partial charge in [-0.15, -0.1) is 0 Å². The van der Waals surface area contributed by atoms with Gasteiger partial charge >= 0.3 is 0 Å². The highest BCUT2D eigenvalue weighted by Gasteiger charge is 1.99. The van der Waals surface area contributed by atoms with E-state index < -0.39 is 0 Å². The molecule has 1 N–H and O–H groups in total. The van der Waals surface area contributed by atoms with E-state index in [1.807, 2.05) is 18.2 Å². The summed E-state index contributed by atoms with van der Waals surface area (Å²) in [5.74, 6) is -0.0184. The summed E-state index contributed by atoms with van der Waals surface area (Å²) < 4.78 is 0. The first kappa shape index (κ1) is 18.3. The molecule has 1 heterocycles. The molecule has 0 aliphatic carbocycles. The number of hydrogen-bond donors (Lipinski definition) is 1. The maximum atomic E-state index is 11.6. The van der Waals surface area contributed by atoms with Crippen molar-refractivity contribution in [3.63, 3.8) is 0 Å². The van der Waals surface area contributed by atoms with Gasteiger partial charge < -0.3 is 0 Å². The van der Waals surface area contributed by atoms with Crippen molar-refractivity contribution in [2.75, 3.05) is 0 Å². The Labute approximate surface area is 134 Å². The molecule has 1 rings (SSSR count). The fraction of sp³-hybridized carbons (Fsp3) is 0.611. The van der Waals surface area contributed by atoms with Crippen LogP contribution in [0.2, 0.25) is 0 Å². The zero-order chi connectivity index (χ0) is 15.9. The van der Waals surface area contributed by atoms with Crippen LogP contribution in [0, 0.1) is 0 Å². The maximum Gasteiger partial charge on any atom is 0.240 e. The number of nitrogens with one attached hydrogen (secondary N) is 1. The maximum absolute atomic E-state index is 11.6. The Kier molecular flexibility index (Phi) is 10.8. The quantitative estimate of drug-likeness (QED) is 0.352. The number of unbranched alkanes of at least 4 members (excludes halogenated alkanes) is 8. The highest BCUT2D eigenvalue weighted by atomic mass is 16.2. The molecule has 4 nitrogen and oxygen atoms in total. The van der Waals surface area contributed by atoms with Crippen molar-refractivity contribution in [1.82, 2.24) is 10.4 Å². The lowest BCUT2D eigenvalue weighted by Crippen LogP contribution is -2.17. The number of hydrogen-bond acceptors (Lipinski definition) is 3. The molecule has 0 aliphatic rings. The summed E-state index contributed by atoms with van der Waals surface area (Å²) in [4.78, 5) is 15.7. The van der Waals surface area contributed by atoms with E-state index in [0.29, 0.717) is 6.42 Å².